The van der Waals surface area contributed by atoms with Gasteiger partial charge >= 0.3 is 0 Å². The number of aromatic amines is 1. The summed E-state index contributed by atoms with van der Waals surface area (Å²) in [7, 11) is 0. The van der Waals surface area contributed by atoms with E-state index in [2.05, 4.69) is 39.7 Å². The molecule has 0 bridgehead atoms. The number of H-pyrrole nitrogens is 1. The maximum absolute atomic E-state index is 12.7. The van der Waals surface area contributed by atoms with Crippen LogP contribution in [0.1, 0.15) is 54.8 Å². The van der Waals surface area contributed by atoms with Gasteiger partial charge in [-0.15, -0.1) is 0 Å². The molecule has 0 saturated carbocycles. The Balaban J connectivity index is 1.23. The molecule has 1 unspecified atom stereocenters. The topological polar surface area (TPSA) is 72.8 Å². The van der Waals surface area contributed by atoms with Crippen LogP contribution in [0.5, 0.6) is 5.75 Å². The lowest BCUT2D eigenvalue weighted by Crippen LogP contribution is -2.21. The van der Waals surface area contributed by atoms with Gasteiger partial charge in [-0.1, -0.05) is 79.9 Å². The molecule has 0 amide bonds. The third kappa shape index (κ3) is 6.42. The maximum Gasteiger partial charge on any atom is 0.292 e. The van der Waals surface area contributed by atoms with E-state index in [4.69, 9.17) is 4.74 Å². The number of benzene rings is 2. The minimum absolute atomic E-state index is 0.0661. The number of ether oxygens (including phenoxy) is 1. The molecule has 6 heteroatoms. The van der Waals surface area contributed by atoms with Crippen molar-refractivity contribution in [3.05, 3.63) is 112 Å². The van der Waals surface area contributed by atoms with E-state index < -0.39 is 0 Å². The zero-order chi connectivity index (χ0) is 22.7. The average Bonchev–Trinajstić information content (AvgIpc) is 3.39. The van der Waals surface area contributed by atoms with E-state index in [1.54, 1.807) is 10.6 Å². The lowest BCUT2D eigenvalue weighted by Gasteiger charge is -2.14. The number of rotatable bonds is 12. The summed E-state index contributed by atoms with van der Waals surface area (Å²) in [6.45, 7) is 1.10. The Bertz CT molecular complexity index is 1140. The summed E-state index contributed by atoms with van der Waals surface area (Å²) in [4.78, 5) is 12.7. The largest absolute Gasteiger partial charge is 0.483 e. The normalized spacial score (nSPS) is 11.9. The van der Waals surface area contributed by atoms with Crippen molar-refractivity contribution in [2.24, 2.45) is 0 Å². The van der Waals surface area contributed by atoms with Gasteiger partial charge in [-0.2, -0.15) is 15.4 Å². The standard InChI is InChI=1S/C27H30N4O2/c32-27-26(33-21-22-12-5-3-6-13-22)17-11-19-31(27)18-10-2-1-9-16-24(25-20-28-30-29-25)23-14-7-4-8-15-23/h3-8,11-15,17,19-20,24H,1-2,9-10,16,18,21H2,(H,28,29,30). The molecule has 0 aliphatic heterocycles. The molecule has 1 atom stereocenters. The molecule has 2 heterocycles. The molecule has 0 fully saturated rings. The summed E-state index contributed by atoms with van der Waals surface area (Å²) in [5, 5.41) is 11.0. The van der Waals surface area contributed by atoms with Gasteiger partial charge in [0.2, 0.25) is 0 Å². The molecule has 4 rings (SSSR count). The highest BCUT2D eigenvalue weighted by molar-refractivity contribution is 5.26. The number of nitrogens with one attached hydrogen (secondary N) is 1. The van der Waals surface area contributed by atoms with Crippen LogP contribution in [0.3, 0.4) is 0 Å². The van der Waals surface area contributed by atoms with Crippen molar-refractivity contribution in [1.29, 1.82) is 0 Å². The molecule has 0 aliphatic rings. The van der Waals surface area contributed by atoms with Gasteiger partial charge in [0.15, 0.2) is 5.75 Å². The van der Waals surface area contributed by atoms with Crippen LogP contribution in [-0.2, 0) is 13.2 Å². The van der Waals surface area contributed by atoms with Crippen LogP contribution in [0.2, 0.25) is 0 Å². The molecule has 4 aromatic rings. The first kappa shape index (κ1) is 22.5. The van der Waals surface area contributed by atoms with E-state index in [9.17, 15) is 4.79 Å². The SMILES string of the molecule is O=c1c(OCc2ccccc2)cccn1CCCCCCC(c1ccccc1)c1cn[nH]n1. The molecular weight excluding hydrogens is 412 g/mol. The van der Waals surface area contributed by atoms with Gasteiger partial charge in [-0.25, -0.2) is 0 Å². The lowest BCUT2D eigenvalue weighted by atomic mass is 9.90. The third-order valence-electron chi connectivity index (χ3n) is 5.86. The van der Waals surface area contributed by atoms with Crippen LogP contribution in [-0.4, -0.2) is 20.0 Å². The summed E-state index contributed by atoms with van der Waals surface area (Å²) in [5.41, 5.74) is 3.24. The third-order valence-corrected chi connectivity index (χ3v) is 5.86. The summed E-state index contributed by atoms with van der Waals surface area (Å²) in [6, 6.07) is 24.0. The van der Waals surface area contributed by atoms with E-state index in [0.29, 0.717) is 18.9 Å². The van der Waals surface area contributed by atoms with E-state index >= 15 is 0 Å². The summed E-state index contributed by atoms with van der Waals surface area (Å²) in [6.07, 6.45) is 8.93. The molecule has 0 aliphatic carbocycles. The van der Waals surface area contributed by atoms with Crippen LogP contribution in [0.25, 0.3) is 0 Å². The Morgan fingerprint density at radius 3 is 2.39 bits per heavy atom. The molecule has 0 saturated heterocycles. The zero-order valence-electron chi connectivity index (χ0n) is 18.8. The van der Waals surface area contributed by atoms with E-state index in [1.165, 1.54) is 5.56 Å². The first-order valence-corrected chi connectivity index (χ1v) is 11.6. The van der Waals surface area contributed by atoms with Crippen molar-refractivity contribution in [3.63, 3.8) is 0 Å². The van der Waals surface area contributed by atoms with E-state index in [1.807, 2.05) is 54.9 Å². The second-order valence-corrected chi connectivity index (χ2v) is 8.21. The van der Waals surface area contributed by atoms with Gasteiger partial charge in [0.25, 0.3) is 5.56 Å². The monoisotopic (exact) mass is 442 g/mol. The number of aromatic nitrogens is 4. The Morgan fingerprint density at radius 1 is 0.879 bits per heavy atom. The number of aryl methyl sites for hydroxylation is 1. The number of hydrogen-bond donors (Lipinski definition) is 1. The molecule has 1 N–H and O–H groups in total. The van der Waals surface area contributed by atoms with Crippen molar-refractivity contribution in [2.45, 2.75) is 51.2 Å². The van der Waals surface area contributed by atoms with Gasteiger partial charge in [0, 0.05) is 18.7 Å². The Labute approximate surface area is 194 Å². The minimum atomic E-state index is -0.0661. The van der Waals surface area contributed by atoms with Crippen LogP contribution >= 0.6 is 0 Å². The van der Waals surface area contributed by atoms with Crippen molar-refractivity contribution in [1.82, 2.24) is 20.0 Å². The van der Waals surface area contributed by atoms with E-state index in [0.717, 1.165) is 43.4 Å². The van der Waals surface area contributed by atoms with E-state index in [-0.39, 0.29) is 11.5 Å². The summed E-state index contributed by atoms with van der Waals surface area (Å²) in [5.74, 6) is 0.658. The molecule has 33 heavy (non-hydrogen) atoms. The van der Waals surface area contributed by atoms with Gasteiger partial charge in [-0.3, -0.25) is 4.79 Å². The fraction of sp³-hybridized carbons (Fsp3) is 0.296. The highest BCUT2D eigenvalue weighted by Crippen LogP contribution is 2.28. The van der Waals surface area contributed by atoms with Crippen LogP contribution in [0.4, 0.5) is 0 Å². The second kappa shape index (κ2) is 11.8. The van der Waals surface area contributed by atoms with Crippen LogP contribution in [0, 0.1) is 0 Å². The molecule has 0 spiro atoms. The molecule has 2 aromatic heterocycles. The number of pyridine rings is 1. The fourth-order valence-corrected chi connectivity index (χ4v) is 4.07. The number of unbranched alkanes of at least 4 members (excludes halogenated alkanes) is 3. The highest BCUT2D eigenvalue weighted by Gasteiger charge is 2.16. The summed E-state index contributed by atoms with van der Waals surface area (Å²) < 4.78 is 7.52. The summed E-state index contributed by atoms with van der Waals surface area (Å²) >= 11 is 0. The first-order valence-electron chi connectivity index (χ1n) is 11.6. The first-order chi connectivity index (χ1) is 16.3. The van der Waals surface area contributed by atoms with Crippen molar-refractivity contribution in [2.75, 3.05) is 0 Å². The smallest absolute Gasteiger partial charge is 0.292 e. The number of nitrogens with zero attached hydrogens (tertiary/aromatic N) is 3. The Kier molecular flexibility index (Phi) is 8.06. The fourth-order valence-electron chi connectivity index (χ4n) is 4.07. The molecule has 6 nitrogen and oxygen atoms in total. The average molecular weight is 443 g/mol. The lowest BCUT2D eigenvalue weighted by molar-refractivity contribution is 0.298. The van der Waals surface area contributed by atoms with Crippen molar-refractivity contribution in [3.8, 4) is 5.75 Å². The maximum atomic E-state index is 12.7. The Hall–Kier alpha value is -3.67. The predicted molar refractivity (Wildman–Crippen MR) is 129 cm³/mol. The van der Waals surface area contributed by atoms with Gasteiger partial charge in [0.1, 0.15) is 6.61 Å². The van der Waals surface area contributed by atoms with Crippen molar-refractivity contribution < 1.29 is 4.74 Å². The highest BCUT2D eigenvalue weighted by atomic mass is 16.5. The predicted octanol–water partition coefficient (Wildman–Crippen LogP) is 5.33. The number of hydrogen-bond acceptors (Lipinski definition) is 4. The molecule has 0 radical (unpaired) electrons. The Morgan fingerprint density at radius 2 is 1.64 bits per heavy atom. The van der Waals surface area contributed by atoms with Crippen LogP contribution in [0.15, 0.2) is 90.0 Å². The van der Waals surface area contributed by atoms with Crippen molar-refractivity contribution >= 4 is 0 Å². The molecule has 170 valence electrons. The zero-order valence-corrected chi connectivity index (χ0v) is 18.8. The van der Waals surface area contributed by atoms with Gasteiger partial charge in [0.05, 0.1) is 11.9 Å². The van der Waals surface area contributed by atoms with Gasteiger partial charge < -0.3 is 9.30 Å². The second-order valence-electron chi connectivity index (χ2n) is 8.21. The molecule has 2 aromatic carbocycles. The molecular formula is C27H30N4O2. The van der Waals surface area contributed by atoms with Crippen LogP contribution < -0.4 is 10.3 Å². The quantitative estimate of drug-likeness (QED) is 0.301. The van der Waals surface area contributed by atoms with Gasteiger partial charge in [-0.05, 0) is 36.1 Å². The minimum Gasteiger partial charge on any atom is -0.483 e.